The molecule has 0 radical (unpaired) electrons. The van der Waals surface area contributed by atoms with Crippen molar-refractivity contribution in [3.05, 3.63) is 231 Å². The summed E-state index contributed by atoms with van der Waals surface area (Å²) in [5, 5.41) is 15.0. The van der Waals surface area contributed by atoms with Crippen molar-refractivity contribution in [2.24, 2.45) is 0 Å². The molecule has 0 unspecified atom stereocenters. The maximum Gasteiger partial charge on any atom is -0.00137 e. The van der Waals surface area contributed by atoms with Crippen LogP contribution in [0.4, 0.5) is 0 Å². The molecule has 0 saturated carbocycles. The first-order valence-corrected chi connectivity index (χ1v) is 20.8. The zero-order valence-corrected chi connectivity index (χ0v) is 32.9. The Morgan fingerprint density at radius 3 is 0.967 bits per heavy atom. The molecule has 0 heteroatoms. The van der Waals surface area contributed by atoms with Gasteiger partial charge < -0.3 is 0 Å². The highest BCUT2D eigenvalue weighted by molar-refractivity contribution is 6.30. The molecule has 0 saturated heterocycles. The van der Waals surface area contributed by atoms with Gasteiger partial charge in [0.1, 0.15) is 0 Å². The van der Waals surface area contributed by atoms with Crippen molar-refractivity contribution in [3.63, 3.8) is 0 Å². The molecular formula is C60H38. The number of benzene rings is 12. The molecule has 0 aliphatic rings. The van der Waals surface area contributed by atoms with Crippen molar-refractivity contribution in [2.45, 2.75) is 0 Å². The Kier molecular flexibility index (Phi) is 7.96. The normalized spacial score (nSPS) is 11.7. The second-order valence-electron chi connectivity index (χ2n) is 15.9. The second kappa shape index (κ2) is 13.9. The summed E-state index contributed by atoms with van der Waals surface area (Å²) in [5.41, 5.74) is 12.3. The largest absolute Gasteiger partial charge is 0.0616 e. The lowest BCUT2D eigenvalue weighted by molar-refractivity contribution is 1.63. The molecule has 0 aliphatic heterocycles. The molecule has 0 N–H and O–H groups in total. The monoisotopic (exact) mass is 758 g/mol. The average Bonchev–Trinajstić information content (AvgIpc) is 3.32. The van der Waals surface area contributed by atoms with Crippen LogP contribution in [0.1, 0.15) is 0 Å². The molecule has 0 atom stereocenters. The lowest BCUT2D eigenvalue weighted by atomic mass is 9.79. The van der Waals surface area contributed by atoms with Crippen LogP contribution < -0.4 is 0 Å². The Bertz CT molecular complexity index is 3620. The van der Waals surface area contributed by atoms with E-state index in [9.17, 15) is 0 Å². The second-order valence-corrected chi connectivity index (χ2v) is 15.9. The van der Waals surface area contributed by atoms with Gasteiger partial charge in [-0.1, -0.05) is 231 Å². The Morgan fingerprint density at radius 1 is 0.167 bits per heavy atom. The van der Waals surface area contributed by atoms with Crippen LogP contribution in [0.2, 0.25) is 0 Å². The van der Waals surface area contributed by atoms with Gasteiger partial charge in [-0.15, -0.1) is 0 Å². The maximum absolute atomic E-state index is 2.37. The zero-order chi connectivity index (χ0) is 39.6. The van der Waals surface area contributed by atoms with Gasteiger partial charge in [-0.2, -0.15) is 0 Å². The Hall–Kier alpha value is -7.80. The smallest absolute Gasteiger partial charge is 0.00137 e. The summed E-state index contributed by atoms with van der Waals surface area (Å²) in [7, 11) is 0. The van der Waals surface area contributed by atoms with Crippen LogP contribution in [0.25, 0.3) is 120 Å². The van der Waals surface area contributed by atoms with Crippen molar-refractivity contribution in [1.29, 1.82) is 0 Å². The number of fused-ring (bicyclic) bond motifs is 6. The fourth-order valence-corrected chi connectivity index (χ4v) is 10.0. The fourth-order valence-electron chi connectivity index (χ4n) is 10.0. The molecule has 0 aliphatic carbocycles. The van der Waals surface area contributed by atoms with E-state index in [1.807, 2.05) is 0 Å². The lowest BCUT2D eigenvalue weighted by Crippen LogP contribution is -1.96. The molecule has 0 fully saturated rings. The average molecular weight is 759 g/mol. The fraction of sp³-hybridized carbons (Fsp3) is 0. The first-order valence-electron chi connectivity index (χ1n) is 20.8. The number of hydrogen-bond donors (Lipinski definition) is 0. The van der Waals surface area contributed by atoms with E-state index in [2.05, 4.69) is 231 Å². The quantitative estimate of drug-likeness (QED) is 0.153. The molecule has 12 aromatic rings. The van der Waals surface area contributed by atoms with Gasteiger partial charge in [-0.05, 0) is 120 Å². The van der Waals surface area contributed by atoms with E-state index in [1.54, 1.807) is 0 Å². The molecule has 0 aromatic heterocycles. The Balaban J connectivity index is 1.26. The van der Waals surface area contributed by atoms with Gasteiger partial charge in [0.05, 0.1) is 0 Å². The van der Waals surface area contributed by atoms with Crippen LogP contribution in [0.5, 0.6) is 0 Å². The van der Waals surface area contributed by atoms with E-state index >= 15 is 0 Å². The molecule has 0 amide bonds. The van der Waals surface area contributed by atoms with Gasteiger partial charge >= 0.3 is 0 Å². The van der Waals surface area contributed by atoms with E-state index < -0.39 is 0 Å². The summed E-state index contributed by atoms with van der Waals surface area (Å²) in [6, 6.07) is 85.3. The van der Waals surface area contributed by atoms with Gasteiger partial charge in [-0.3, -0.25) is 0 Å². The van der Waals surface area contributed by atoms with E-state index in [4.69, 9.17) is 0 Å². The molecule has 278 valence electrons. The first-order chi connectivity index (χ1) is 29.8. The van der Waals surface area contributed by atoms with Crippen molar-refractivity contribution in [2.75, 3.05) is 0 Å². The number of rotatable bonds is 5. The van der Waals surface area contributed by atoms with Gasteiger partial charge in [0.15, 0.2) is 0 Å². The molecule has 0 spiro atoms. The Morgan fingerprint density at radius 2 is 0.467 bits per heavy atom. The molecule has 12 rings (SSSR count). The van der Waals surface area contributed by atoms with Gasteiger partial charge in [0, 0.05) is 0 Å². The van der Waals surface area contributed by atoms with E-state index in [0.29, 0.717) is 0 Å². The van der Waals surface area contributed by atoms with Crippen LogP contribution in [-0.4, -0.2) is 0 Å². The summed E-state index contributed by atoms with van der Waals surface area (Å²) < 4.78 is 0. The topological polar surface area (TPSA) is 0 Å². The highest BCUT2D eigenvalue weighted by Gasteiger charge is 2.24. The van der Waals surface area contributed by atoms with E-state index in [1.165, 1.54) is 120 Å². The third-order valence-electron chi connectivity index (χ3n) is 12.7. The summed E-state index contributed by atoms with van der Waals surface area (Å²) in [6.45, 7) is 0. The standard InChI is InChI=1S/C60H38/c1-5-23-45-39(15-1)19-9-27-46(45)43-35-37-44(38-36-43)57-55-33-13-32-54(51-29-11-21-41-17-3-7-25-48(41)51)60(55)59(52-30-12-22-42-18-4-8-26-49(42)52)56-34-14-31-53(58(56)57)50-28-10-20-40-16-2-6-24-47(40)50/h1-38H. The van der Waals surface area contributed by atoms with Crippen LogP contribution in [0, 0.1) is 0 Å². The minimum absolute atomic E-state index is 1.20. The molecule has 0 bridgehead atoms. The van der Waals surface area contributed by atoms with E-state index in [0.717, 1.165) is 0 Å². The zero-order valence-electron chi connectivity index (χ0n) is 32.9. The van der Waals surface area contributed by atoms with E-state index in [-0.39, 0.29) is 0 Å². The van der Waals surface area contributed by atoms with Gasteiger partial charge in [-0.25, -0.2) is 0 Å². The summed E-state index contributed by atoms with van der Waals surface area (Å²) >= 11 is 0. The first kappa shape index (κ1) is 34.3. The van der Waals surface area contributed by atoms with Crippen molar-refractivity contribution < 1.29 is 0 Å². The lowest BCUT2D eigenvalue weighted by Gasteiger charge is -2.24. The SMILES string of the molecule is c1ccc2c(-c3ccc(-c4c5cccc(-c6cccc7ccccc67)c5c(-c5cccc6ccccc56)c5cccc(-c6cccc7ccccc67)c45)cc3)cccc2c1. The van der Waals surface area contributed by atoms with Gasteiger partial charge in [0.25, 0.3) is 0 Å². The van der Waals surface area contributed by atoms with Crippen molar-refractivity contribution >= 4 is 64.6 Å². The highest BCUT2D eigenvalue weighted by Crippen LogP contribution is 2.52. The summed E-state index contributed by atoms with van der Waals surface area (Å²) in [4.78, 5) is 0. The van der Waals surface area contributed by atoms with Gasteiger partial charge in [0.2, 0.25) is 0 Å². The third-order valence-corrected chi connectivity index (χ3v) is 12.7. The van der Waals surface area contributed by atoms with Crippen molar-refractivity contribution in [1.82, 2.24) is 0 Å². The molecular weight excluding hydrogens is 721 g/mol. The molecule has 60 heavy (non-hydrogen) atoms. The summed E-state index contributed by atoms with van der Waals surface area (Å²) in [5.74, 6) is 0. The molecule has 12 aromatic carbocycles. The Labute approximate surface area is 349 Å². The van der Waals surface area contributed by atoms with Crippen LogP contribution in [-0.2, 0) is 0 Å². The third kappa shape index (κ3) is 5.39. The molecule has 0 heterocycles. The highest BCUT2D eigenvalue weighted by atomic mass is 14.3. The minimum Gasteiger partial charge on any atom is -0.0616 e. The maximum atomic E-state index is 2.37. The predicted molar refractivity (Wildman–Crippen MR) is 259 cm³/mol. The van der Waals surface area contributed by atoms with Crippen LogP contribution >= 0.6 is 0 Å². The van der Waals surface area contributed by atoms with Crippen LogP contribution in [0.3, 0.4) is 0 Å². The molecule has 0 nitrogen and oxygen atoms in total. The predicted octanol–water partition coefficient (Wildman–Crippen LogP) is 16.9. The minimum atomic E-state index is 1.20. The van der Waals surface area contributed by atoms with Crippen molar-refractivity contribution in [3.8, 4) is 55.6 Å². The summed E-state index contributed by atoms with van der Waals surface area (Å²) in [6.07, 6.45) is 0. The number of hydrogen-bond acceptors (Lipinski definition) is 0. The van der Waals surface area contributed by atoms with Crippen LogP contribution in [0.15, 0.2) is 231 Å².